The normalized spacial score (nSPS) is 23.1. The minimum atomic E-state index is -0.881. The van der Waals surface area contributed by atoms with Crippen molar-refractivity contribution in [2.45, 2.75) is 27.2 Å². The number of carboxylic acid groups (broad SMARTS) is 1. The van der Waals surface area contributed by atoms with Gasteiger partial charge < -0.3 is 10.4 Å². The van der Waals surface area contributed by atoms with Gasteiger partial charge in [-0.2, -0.15) is 0 Å². The van der Waals surface area contributed by atoms with Gasteiger partial charge in [0.05, 0.1) is 11.8 Å². The summed E-state index contributed by atoms with van der Waals surface area (Å²) < 4.78 is 0. The summed E-state index contributed by atoms with van der Waals surface area (Å²) in [5.41, 5.74) is 1.94. The standard InChI is InChI=1S/C16H21NO3/c1-10-5-4-6-11(9-10)7-8-17-14(18)12-13(15(19)20)16(12,2)3/h4-6,9,12-13H,7-8H2,1-3H3,(H,17,18)(H,19,20)/t12-,13+/m1/s1. The molecule has 1 aromatic carbocycles. The SMILES string of the molecule is Cc1cccc(CCNC(=O)[C@H]2[C@@H](C(=O)O)C2(C)C)c1. The fourth-order valence-electron chi connectivity index (χ4n) is 2.90. The second-order valence-corrected chi connectivity index (χ2v) is 6.15. The van der Waals surface area contributed by atoms with Gasteiger partial charge in [-0.3, -0.25) is 9.59 Å². The summed E-state index contributed by atoms with van der Waals surface area (Å²) in [5.74, 6) is -1.98. The molecule has 1 amide bonds. The summed E-state index contributed by atoms with van der Waals surface area (Å²) in [6, 6.07) is 8.15. The number of carbonyl (C=O) groups is 2. The van der Waals surface area contributed by atoms with E-state index in [2.05, 4.69) is 11.4 Å². The van der Waals surface area contributed by atoms with Gasteiger partial charge in [0.25, 0.3) is 0 Å². The lowest BCUT2D eigenvalue weighted by Gasteiger charge is -2.06. The zero-order chi connectivity index (χ0) is 14.9. The van der Waals surface area contributed by atoms with Crippen molar-refractivity contribution >= 4 is 11.9 Å². The van der Waals surface area contributed by atoms with Crippen molar-refractivity contribution in [3.8, 4) is 0 Å². The molecule has 0 heterocycles. The van der Waals surface area contributed by atoms with E-state index < -0.39 is 23.2 Å². The van der Waals surface area contributed by atoms with Gasteiger partial charge in [0.2, 0.25) is 5.91 Å². The fraction of sp³-hybridized carbons (Fsp3) is 0.500. The summed E-state index contributed by atoms with van der Waals surface area (Å²) >= 11 is 0. The molecule has 0 aliphatic heterocycles. The number of rotatable bonds is 5. The lowest BCUT2D eigenvalue weighted by molar-refractivity contribution is -0.140. The molecule has 0 aromatic heterocycles. The van der Waals surface area contributed by atoms with Crippen molar-refractivity contribution in [1.29, 1.82) is 0 Å². The lowest BCUT2D eigenvalue weighted by Crippen LogP contribution is -2.29. The van der Waals surface area contributed by atoms with Crippen molar-refractivity contribution in [2.24, 2.45) is 17.3 Å². The predicted molar refractivity (Wildman–Crippen MR) is 76.3 cm³/mol. The van der Waals surface area contributed by atoms with E-state index in [1.807, 2.05) is 39.0 Å². The first-order valence-corrected chi connectivity index (χ1v) is 6.90. The Morgan fingerprint density at radius 2 is 2.00 bits per heavy atom. The molecule has 1 aliphatic rings. The highest BCUT2D eigenvalue weighted by Gasteiger charge is 2.65. The third kappa shape index (κ3) is 2.84. The largest absolute Gasteiger partial charge is 0.481 e. The number of nitrogens with one attached hydrogen (secondary N) is 1. The molecular formula is C16H21NO3. The molecule has 1 saturated carbocycles. The lowest BCUT2D eigenvalue weighted by atomic mass is 10.1. The average molecular weight is 275 g/mol. The average Bonchev–Trinajstić information content (AvgIpc) is 2.92. The van der Waals surface area contributed by atoms with Gasteiger partial charge in [0.15, 0.2) is 0 Å². The van der Waals surface area contributed by atoms with Crippen LogP contribution >= 0.6 is 0 Å². The van der Waals surface area contributed by atoms with Gasteiger partial charge >= 0.3 is 5.97 Å². The Hall–Kier alpha value is -1.84. The monoisotopic (exact) mass is 275 g/mol. The minimum Gasteiger partial charge on any atom is -0.481 e. The van der Waals surface area contributed by atoms with Crippen LogP contribution in [0.15, 0.2) is 24.3 Å². The summed E-state index contributed by atoms with van der Waals surface area (Å²) in [6.45, 7) is 6.24. The fourth-order valence-corrected chi connectivity index (χ4v) is 2.90. The Kier molecular flexibility index (Phi) is 3.84. The molecular weight excluding hydrogens is 254 g/mol. The van der Waals surface area contributed by atoms with Crippen LogP contribution in [0.4, 0.5) is 0 Å². The van der Waals surface area contributed by atoms with Gasteiger partial charge in [-0.05, 0) is 24.3 Å². The maximum atomic E-state index is 12.0. The van der Waals surface area contributed by atoms with Crippen LogP contribution in [0.1, 0.15) is 25.0 Å². The van der Waals surface area contributed by atoms with Gasteiger partial charge in [-0.25, -0.2) is 0 Å². The number of amides is 1. The maximum absolute atomic E-state index is 12.0. The van der Waals surface area contributed by atoms with Crippen LogP contribution in [-0.4, -0.2) is 23.5 Å². The number of carboxylic acids is 1. The van der Waals surface area contributed by atoms with Crippen molar-refractivity contribution in [3.63, 3.8) is 0 Å². The van der Waals surface area contributed by atoms with Crippen LogP contribution in [0.25, 0.3) is 0 Å². The topological polar surface area (TPSA) is 66.4 Å². The Morgan fingerprint density at radius 1 is 1.30 bits per heavy atom. The van der Waals surface area contributed by atoms with Crippen molar-refractivity contribution in [2.75, 3.05) is 6.54 Å². The highest BCUT2D eigenvalue weighted by atomic mass is 16.4. The Bertz CT molecular complexity index is 536. The van der Waals surface area contributed by atoms with Gasteiger partial charge in [0, 0.05) is 6.54 Å². The van der Waals surface area contributed by atoms with Gasteiger partial charge in [-0.15, -0.1) is 0 Å². The molecule has 0 saturated heterocycles. The molecule has 0 unspecified atom stereocenters. The molecule has 1 aromatic rings. The van der Waals surface area contributed by atoms with E-state index in [4.69, 9.17) is 5.11 Å². The maximum Gasteiger partial charge on any atom is 0.307 e. The van der Waals surface area contributed by atoms with E-state index in [9.17, 15) is 9.59 Å². The number of aryl methyl sites for hydroxylation is 1. The number of aliphatic carboxylic acids is 1. The zero-order valence-electron chi connectivity index (χ0n) is 12.1. The smallest absolute Gasteiger partial charge is 0.307 e. The minimum absolute atomic E-state index is 0.143. The van der Waals surface area contributed by atoms with E-state index in [1.165, 1.54) is 11.1 Å². The van der Waals surface area contributed by atoms with E-state index in [0.717, 1.165) is 6.42 Å². The zero-order valence-corrected chi connectivity index (χ0v) is 12.1. The summed E-state index contributed by atoms with van der Waals surface area (Å²) in [6.07, 6.45) is 0.762. The molecule has 0 bridgehead atoms. The molecule has 2 atom stereocenters. The quantitative estimate of drug-likeness (QED) is 0.864. The highest BCUT2D eigenvalue weighted by molar-refractivity contribution is 5.91. The first-order chi connectivity index (χ1) is 9.34. The third-order valence-corrected chi connectivity index (χ3v) is 4.17. The van der Waals surface area contributed by atoms with Crippen LogP contribution in [0.5, 0.6) is 0 Å². The van der Waals surface area contributed by atoms with E-state index in [0.29, 0.717) is 6.54 Å². The predicted octanol–water partition coefficient (Wildman–Crippen LogP) is 2.01. The van der Waals surface area contributed by atoms with Crippen LogP contribution in [-0.2, 0) is 16.0 Å². The van der Waals surface area contributed by atoms with E-state index in [-0.39, 0.29) is 5.91 Å². The summed E-state index contributed by atoms with van der Waals surface area (Å²) in [4.78, 5) is 23.1. The number of benzene rings is 1. The number of carbonyl (C=O) groups excluding carboxylic acids is 1. The Balaban J connectivity index is 1.84. The van der Waals surface area contributed by atoms with E-state index >= 15 is 0 Å². The number of hydrogen-bond acceptors (Lipinski definition) is 2. The van der Waals surface area contributed by atoms with E-state index in [1.54, 1.807) is 0 Å². The molecule has 1 fully saturated rings. The second-order valence-electron chi connectivity index (χ2n) is 6.15. The van der Waals surface area contributed by atoms with Crippen molar-refractivity contribution < 1.29 is 14.7 Å². The van der Waals surface area contributed by atoms with Gasteiger partial charge in [-0.1, -0.05) is 43.7 Å². The van der Waals surface area contributed by atoms with Crippen molar-refractivity contribution in [1.82, 2.24) is 5.32 Å². The Morgan fingerprint density at radius 3 is 2.55 bits per heavy atom. The molecule has 20 heavy (non-hydrogen) atoms. The van der Waals surface area contributed by atoms with Crippen molar-refractivity contribution in [3.05, 3.63) is 35.4 Å². The molecule has 2 rings (SSSR count). The van der Waals surface area contributed by atoms with Crippen LogP contribution in [0, 0.1) is 24.2 Å². The Labute approximate surface area is 119 Å². The molecule has 2 N–H and O–H groups in total. The van der Waals surface area contributed by atoms with Crippen LogP contribution < -0.4 is 5.32 Å². The summed E-state index contributed by atoms with van der Waals surface area (Å²) in [7, 11) is 0. The molecule has 4 nitrogen and oxygen atoms in total. The second kappa shape index (κ2) is 5.27. The first-order valence-electron chi connectivity index (χ1n) is 6.90. The molecule has 1 aliphatic carbocycles. The molecule has 108 valence electrons. The highest BCUT2D eigenvalue weighted by Crippen LogP contribution is 2.58. The molecule has 0 radical (unpaired) electrons. The first kappa shape index (κ1) is 14.6. The van der Waals surface area contributed by atoms with Crippen LogP contribution in [0.3, 0.4) is 0 Å². The summed E-state index contributed by atoms with van der Waals surface area (Å²) in [5, 5.41) is 11.9. The molecule has 0 spiro atoms. The van der Waals surface area contributed by atoms with Gasteiger partial charge in [0.1, 0.15) is 0 Å². The third-order valence-electron chi connectivity index (χ3n) is 4.17. The van der Waals surface area contributed by atoms with Crippen LogP contribution in [0.2, 0.25) is 0 Å². The molecule has 4 heteroatoms. The number of hydrogen-bond donors (Lipinski definition) is 2.